The van der Waals surface area contributed by atoms with Crippen LogP contribution in [0.5, 0.6) is 0 Å². The van der Waals surface area contributed by atoms with Gasteiger partial charge in [-0.3, -0.25) is 0 Å². The largest absolute Gasteiger partial charge is 0.465 e. The Morgan fingerprint density at radius 1 is 1.26 bits per heavy atom. The molecule has 0 heterocycles. The Balaban J connectivity index is 2.67. The Hall–Kier alpha value is -1.69. The van der Waals surface area contributed by atoms with Crippen LogP contribution in [0.2, 0.25) is 0 Å². The van der Waals surface area contributed by atoms with Crippen LogP contribution in [0.25, 0.3) is 0 Å². The van der Waals surface area contributed by atoms with Crippen molar-refractivity contribution in [2.75, 3.05) is 26.5 Å². The SMILES string of the molecule is CCNC(=NCc1ccc(C(=O)OC)cc1)NCC(C)(C)SC. The fourth-order valence-electron chi connectivity index (χ4n) is 1.74. The minimum Gasteiger partial charge on any atom is -0.465 e. The van der Waals surface area contributed by atoms with E-state index in [0.29, 0.717) is 12.1 Å². The molecule has 1 rings (SSSR count). The van der Waals surface area contributed by atoms with Crippen molar-refractivity contribution in [1.82, 2.24) is 10.6 Å². The highest BCUT2D eigenvalue weighted by Gasteiger charge is 2.16. The lowest BCUT2D eigenvalue weighted by molar-refractivity contribution is 0.0600. The minimum atomic E-state index is -0.325. The maximum Gasteiger partial charge on any atom is 0.337 e. The maximum atomic E-state index is 11.4. The summed E-state index contributed by atoms with van der Waals surface area (Å²) in [6.45, 7) is 8.63. The maximum absolute atomic E-state index is 11.4. The van der Waals surface area contributed by atoms with Crippen molar-refractivity contribution in [1.29, 1.82) is 0 Å². The van der Waals surface area contributed by atoms with Crippen molar-refractivity contribution in [2.24, 2.45) is 4.99 Å². The molecule has 23 heavy (non-hydrogen) atoms. The third-order valence-electron chi connectivity index (χ3n) is 3.37. The van der Waals surface area contributed by atoms with E-state index in [4.69, 9.17) is 4.74 Å². The van der Waals surface area contributed by atoms with E-state index in [2.05, 4.69) is 35.7 Å². The molecule has 0 spiro atoms. The number of aliphatic imine (C=N–C) groups is 1. The number of nitrogens with one attached hydrogen (secondary N) is 2. The molecule has 1 aromatic carbocycles. The molecule has 0 amide bonds. The van der Waals surface area contributed by atoms with Crippen molar-refractivity contribution in [2.45, 2.75) is 32.1 Å². The van der Waals surface area contributed by atoms with Crippen LogP contribution in [0.1, 0.15) is 36.7 Å². The highest BCUT2D eigenvalue weighted by molar-refractivity contribution is 7.99. The van der Waals surface area contributed by atoms with E-state index in [-0.39, 0.29) is 10.7 Å². The Bertz CT molecular complexity index is 527. The summed E-state index contributed by atoms with van der Waals surface area (Å²) >= 11 is 1.82. The molecule has 0 radical (unpaired) electrons. The van der Waals surface area contributed by atoms with E-state index < -0.39 is 0 Å². The van der Waals surface area contributed by atoms with Gasteiger partial charge in [0.15, 0.2) is 5.96 Å². The molecule has 2 N–H and O–H groups in total. The van der Waals surface area contributed by atoms with Crippen molar-refractivity contribution < 1.29 is 9.53 Å². The minimum absolute atomic E-state index is 0.151. The van der Waals surface area contributed by atoms with Crippen LogP contribution in [-0.2, 0) is 11.3 Å². The quantitative estimate of drug-likeness (QED) is 0.455. The van der Waals surface area contributed by atoms with Gasteiger partial charge in [0.05, 0.1) is 19.2 Å². The lowest BCUT2D eigenvalue weighted by Crippen LogP contribution is -2.43. The Morgan fingerprint density at radius 3 is 2.43 bits per heavy atom. The van der Waals surface area contributed by atoms with E-state index in [9.17, 15) is 4.79 Å². The van der Waals surface area contributed by atoms with Crippen LogP contribution in [0.15, 0.2) is 29.3 Å². The zero-order valence-electron chi connectivity index (χ0n) is 14.6. The first-order valence-electron chi connectivity index (χ1n) is 7.66. The second kappa shape index (κ2) is 9.45. The molecule has 0 fully saturated rings. The van der Waals surface area contributed by atoms with Crippen molar-refractivity contribution in [3.63, 3.8) is 0 Å². The van der Waals surface area contributed by atoms with E-state index >= 15 is 0 Å². The summed E-state index contributed by atoms with van der Waals surface area (Å²) in [5, 5.41) is 6.61. The van der Waals surface area contributed by atoms with E-state index in [1.165, 1.54) is 7.11 Å². The van der Waals surface area contributed by atoms with Crippen LogP contribution < -0.4 is 10.6 Å². The van der Waals surface area contributed by atoms with Crippen LogP contribution in [0, 0.1) is 0 Å². The van der Waals surface area contributed by atoms with E-state index in [1.807, 2.05) is 30.8 Å². The van der Waals surface area contributed by atoms with Gasteiger partial charge < -0.3 is 15.4 Å². The zero-order chi connectivity index (χ0) is 17.3. The Kier molecular flexibility index (Phi) is 7.95. The second-order valence-corrected chi connectivity index (χ2v) is 7.21. The van der Waals surface area contributed by atoms with Gasteiger partial charge in [-0.15, -0.1) is 0 Å². The van der Waals surface area contributed by atoms with Crippen LogP contribution in [-0.4, -0.2) is 43.1 Å². The summed E-state index contributed by atoms with van der Waals surface area (Å²) in [7, 11) is 1.38. The predicted octanol–water partition coefficient (Wildman–Crippen LogP) is 2.67. The summed E-state index contributed by atoms with van der Waals surface area (Å²) in [5.74, 6) is 0.473. The summed E-state index contributed by atoms with van der Waals surface area (Å²) in [5.41, 5.74) is 1.59. The molecule has 1 aromatic rings. The number of thioether (sulfide) groups is 1. The van der Waals surface area contributed by atoms with E-state index in [1.54, 1.807) is 12.1 Å². The molecule has 0 atom stereocenters. The Labute approximate surface area is 143 Å². The molecule has 128 valence electrons. The number of hydrogen-bond donors (Lipinski definition) is 2. The van der Waals surface area contributed by atoms with Gasteiger partial charge in [0.25, 0.3) is 0 Å². The number of nitrogens with zero attached hydrogens (tertiary/aromatic N) is 1. The molecular formula is C17H27N3O2S. The smallest absolute Gasteiger partial charge is 0.337 e. The van der Waals surface area contributed by atoms with Gasteiger partial charge in [0.1, 0.15) is 0 Å². The standard InChI is InChI=1S/C17H27N3O2S/c1-6-18-16(20-12-17(2,3)23-5)19-11-13-7-9-14(10-8-13)15(21)22-4/h7-10H,6,11-12H2,1-5H3,(H2,18,19,20). The molecular weight excluding hydrogens is 310 g/mol. The predicted molar refractivity (Wildman–Crippen MR) is 98.2 cm³/mol. The molecule has 5 nitrogen and oxygen atoms in total. The number of carbonyl (C=O) groups is 1. The van der Waals surface area contributed by atoms with Crippen LogP contribution >= 0.6 is 11.8 Å². The van der Waals surface area contributed by atoms with Gasteiger partial charge >= 0.3 is 5.97 Å². The summed E-state index contributed by atoms with van der Waals surface area (Å²) in [6.07, 6.45) is 2.11. The van der Waals surface area contributed by atoms with Gasteiger partial charge in [0.2, 0.25) is 0 Å². The third kappa shape index (κ3) is 6.95. The van der Waals surface area contributed by atoms with Crippen LogP contribution in [0.3, 0.4) is 0 Å². The molecule has 0 aliphatic carbocycles. The lowest BCUT2D eigenvalue weighted by Gasteiger charge is -2.23. The number of hydrogen-bond acceptors (Lipinski definition) is 4. The van der Waals surface area contributed by atoms with Gasteiger partial charge in [-0.1, -0.05) is 12.1 Å². The van der Waals surface area contributed by atoms with Gasteiger partial charge in [-0.05, 0) is 44.7 Å². The van der Waals surface area contributed by atoms with Gasteiger partial charge in [-0.25, -0.2) is 9.79 Å². The molecule has 0 saturated carbocycles. The molecule has 6 heteroatoms. The number of ether oxygens (including phenoxy) is 1. The summed E-state index contributed by atoms with van der Waals surface area (Å²) in [4.78, 5) is 16.0. The first-order chi connectivity index (χ1) is 10.9. The molecule has 0 unspecified atom stereocenters. The average Bonchev–Trinajstić information content (AvgIpc) is 2.57. The first kappa shape index (κ1) is 19.4. The zero-order valence-corrected chi connectivity index (χ0v) is 15.4. The summed E-state index contributed by atoms with van der Waals surface area (Å²) in [6, 6.07) is 7.30. The third-order valence-corrected chi connectivity index (χ3v) is 4.62. The number of carbonyl (C=O) groups excluding carboxylic acids is 1. The topological polar surface area (TPSA) is 62.7 Å². The van der Waals surface area contributed by atoms with Gasteiger partial charge in [-0.2, -0.15) is 11.8 Å². The fourth-order valence-corrected chi connectivity index (χ4v) is 1.96. The monoisotopic (exact) mass is 337 g/mol. The molecule has 0 aromatic heterocycles. The van der Waals surface area contributed by atoms with Gasteiger partial charge in [0, 0.05) is 17.8 Å². The van der Waals surface area contributed by atoms with Crippen molar-refractivity contribution in [3.8, 4) is 0 Å². The number of esters is 1. The number of benzene rings is 1. The van der Waals surface area contributed by atoms with Crippen molar-refractivity contribution in [3.05, 3.63) is 35.4 Å². The summed E-state index contributed by atoms with van der Waals surface area (Å²) < 4.78 is 4.84. The highest BCUT2D eigenvalue weighted by atomic mass is 32.2. The van der Waals surface area contributed by atoms with Crippen LogP contribution in [0.4, 0.5) is 0 Å². The number of guanidine groups is 1. The average molecular weight is 337 g/mol. The molecule has 0 bridgehead atoms. The first-order valence-corrected chi connectivity index (χ1v) is 8.89. The number of methoxy groups -OCH3 is 1. The van der Waals surface area contributed by atoms with E-state index in [0.717, 1.165) is 24.6 Å². The molecule has 0 aliphatic heterocycles. The Morgan fingerprint density at radius 2 is 1.91 bits per heavy atom. The highest BCUT2D eigenvalue weighted by Crippen LogP contribution is 2.19. The fraction of sp³-hybridized carbons (Fsp3) is 0.529. The molecule has 0 saturated heterocycles. The number of rotatable bonds is 7. The lowest BCUT2D eigenvalue weighted by atomic mass is 10.1. The second-order valence-electron chi connectivity index (χ2n) is 5.70. The normalized spacial score (nSPS) is 12.0. The van der Waals surface area contributed by atoms with Crippen molar-refractivity contribution >= 4 is 23.7 Å². The molecule has 0 aliphatic rings.